The van der Waals surface area contributed by atoms with Crippen molar-refractivity contribution in [1.82, 2.24) is 14.9 Å². The number of benzene rings is 1. The third-order valence-corrected chi connectivity index (χ3v) is 3.70. The van der Waals surface area contributed by atoms with E-state index in [2.05, 4.69) is 54.3 Å². The molecule has 5 heteroatoms. The molecule has 2 aromatic rings. The summed E-state index contributed by atoms with van der Waals surface area (Å²) < 4.78 is 0. The first-order valence-corrected chi connectivity index (χ1v) is 8.54. The molecule has 1 amide bonds. The highest BCUT2D eigenvalue weighted by molar-refractivity contribution is 5.92. The second-order valence-electron chi connectivity index (χ2n) is 5.92. The average molecular weight is 326 g/mol. The zero-order valence-corrected chi connectivity index (χ0v) is 14.7. The van der Waals surface area contributed by atoms with Crippen LogP contribution in [0.2, 0.25) is 0 Å². The lowest BCUT2D eigenvalue weighted by Gasteiger charge is -2.20. The minimum atomic E-state index is -0.0450. The van der Waals surface area contributed by atoms with Crippen molar-refractivity contribution in [3.63, 3.8) is 0 Å². The van der Waals surface area contributed by atoms with Crippen molar-refractivity contribution in [3.8, 4) is 0 Å². The molecule has 128 valence electrons. The highest BCUT2D eigenvalue weighted by Gasteiger charge is 2.15. The molecule has 1 heterocycles. The average Bonchev–Trinajstić information content (AvgIpc) is 2.60. The van der Waals surface area contributed by atoms with E-state index in [-0.39, 0.29) is 5.91 Å². The van der Waals surface area contributed by atoms with Crippen molar-refractivity contribution in [2.45, 2.75) is 40.2 Å². The molecule has 24 heavy (non-hydrogen) atoms. The van der Waals surface area contributed by atoms with E-state index in [0.29, 0.717) is 18.1 Å². The first-order chi connectivity index (χ1) is 11.6. The maximum atomic E-state index is 12.5. The van der Waals surface area contributed by atoms with Gasteiger partial charge in [-0.2, -0.15) is 0 Å². The normalized spacial score (nSPS) is 10.5. The predicted octanol–water partition coefficient (Wildman–Crippen LogP) is 3.66. The number of rotatable bonds is 8. The quantitative estimate of drug-likeness (QED) is 0.804. The topological polar surface area (TPSA) is 58.1 Å². The van der Waals surface area contributed by atoms with Gasteiger partial charge in [-0.3, -0.25) is 4.79 Å². The van der Waals surface area contributed by atoms with Gasteiger partial charge >= 0.3 is 0 Å². The number of carbonyl (C=O) groups is 1. The van der Waals surface area contributed by atoms with Crippen LogP contribution in [0.25, 0.3) is 0 Å². The van der Waals surface area contributed by atoms with Gasteiger partial charge in [0.25, 0.3) is 5.91 Å². The van der Waals surface area contributed by atoms with Crippen LogP contribution in [0.4, 0.5) is 5.82 Å². The number of aryl methyl sites for hydroxylation is 1. The SMILES string of the molecule is CCCN(CCC)C(=O)c1cnc(NCc2cccc(C)c2)cn1. The number of hydrogen-bond donors (Lipinski definition) is 1. The molecule has 0 aliphatic heterocycles. The predicted molar refractivity (Wildman–Crippen MR) is 97.0 cm³/mol. The van der Waals surface area contributed by atoms with E-state index in [9.17, 15) is 4.79 Å². The molecule has 0 aliphatic rings. The van der Waals surface area contributed by atoms with Crippen LogP contribution in [0.5, 0.6) is 0 Å². The monoisotopic (exact) mass is 326 g/mol. The highest BCUT2D eigenvalue weighted by Crippen LogP contribution is 2.09. The van der Waals surface area contributed by atoms with Crippen LogP contribution in [-0.4, -0.2) is 33.9 Å². The van der Waals surface area contributed by atoms with Crippen LogP contribution in [0.15, 0.2) is 36.7 Å². The lowest BCUT2D eigenvalue weighted by Crippen LogP contribution is -2.33. The Balaban J connectivity index is 1.97. The van der Waals surface area contributed by atoms with Crippen LogP contribution in [0, 0.1) is 6.92 Å². The van der Waals surface area contributed by atoms with Crippen LogP contribution in [-0.2, 0) is 6.54 Å². The van der Waals surface area contributed by atoms with E-state index in [1.165, 1.54) is 11.1 Å². The minimum Gasteiger partial charge on any atom is -0.365 e. The van der Waals surface area contributed by atoms with Gasteiger partial charge in [0.15, 0.2) is 0 Å². The number of nitrogens with one attached hydrogen (secondary N) is 1. The number of hydrogen-bond acceptors (Lipinski definition) is 4. The van der Waals surface area contributed by atoms with Crippen molar-refractivity contribution in [2.75, 3.05) is 18.4 Å². The Bertz CT molecular complexity index is 649. The third kappa shape index (κ3) is 5.05. The Labute approximate surface area is 144 Å². The summed E-state index contributed by atoms with van der Waals surface area (Å²) in [5.41, 5.74) is 2.82. The van der Waals surface area contributed by atoms with Gasteiger partial charge in [0.05, 0.1) is 12.4 Å². The molecule has 0 bridgehead atoms. The summed E-state index contributed by atoms with van der Waals surface area (Å²) in [7, 11) is 0. The number of amides is 1. The Morgan fingerprint density at radius 1 is 1.12 bits per heavy atom. The Hall–Kier alpha value is -2.43. The standard InChI is InChI=1S/C19H26N4O/c1-4-9-23(10-5-2)19(24)17-13-22-18(14-20-17)21-12-16-8-6-7-15(3)11-16/h6-8,11,13-14H,4-5,9-10,12H2,1-3H3,(H,21,22). The van der Waals surface area contributed by atoms with Crippen molar-refractivity contribution < 1.29 is 4.79 Å². The lowest BCUT2D eigenvalue weighted by molar-refractivity contribution is 0.0749. The molecule has 0 radical (unpaired) electrons. The fraction of sp³-hybridized carbons (Fsp3) is 0.421. The molecule has 0 saturated carbocycles. The molecule has 0 unspecified atom stereocenters. The molecule has 1 aromatic heterocycles. The Morgan fingerprint density at radius 2 is 1.88 bits per heavy atom. The van der Waals surface area contributed by atoms with E-state index < -0.39 is 0 Å². The van der Waals surface area contributed by atoms with Crippen molar-refractivity contribution in [2.24, 2.45) is 0 Å². The Morgan fingerprint density at radius 3 is 2.46 bits per heavy atom. The summed E-state index contributed by atoms with van der Waals surface area (Å²) in [6.07, 6.45) is 5.06. The number of nitrogens with zero attached hydrogens (tertiary/aromatic N) is 3. The first kappa shape index (κ1) is 17.9. The van der Waals surface area contributed by atoms with Gasteiger partial charge in [-0.1, -0.05) is 43.7 Å². The molecule has 2 rings (SSSR count). The summed E-state index contributed by atoms with van der Waals surface area (Å²) in [5.74, 6) is 0.627. The molecule has 0 aliphatic carbocycles. The van der Waals surface area contributed by atoms with E-state index >= 15 is 0 Å². The largest absolute Gasteiger partial charge is 0.365 e. The van der Waals surface area contributed by atoms with E-state index in [1.54, 1.807) is 12.4 Å². The summed E-state index contributed by atoms with van der Waals surface area (Å²) in [5, 5.41) is 3.24. The molecular formula is C19H26N4O. The van der Waals surface area contributed by atoms with Crippen LogP contribution in [0.1, 0.15) is 48.3 Å². The van der Waals surface area contributed by atoms with Crippen LogP contribution < -0.4 is 5.32 Å². The first-order valence-electron chi connectivity index (χ1n) is 8.54. The molecule has 0 fully saturated rings. The van der Waals surface area contributed by atoms with Crippen LogP contribution >= 0.6 is 0 Å². The lowest BCUT2D eigenvalue weighted by atomic mass is 10.1. The molecule has 1 aromatic carbocycles. The number of carbonyl (C=O) groups excluding carboxylic acids is 1. The summed E-state index contributed by atoms with van der Waals surface area (Å²) in [6.45, 7) is 8.40. The summed E-state index contributed by atoms with van der Waals surface area (Å²) in [6, 6.07) is 8.31. The molecule has 0 saturated heterocycles. The van der Waals surface area contributed by atoms with Gasteiger partial charge in [0, 0.05) is 19.6 Å². The van der Waals surface area contributed by atoms with Crippen molar-refractivity contribution >= 4 is 11.7 Å². The smallest absolute Gasteiger partial charge is 0.274 e. The highest BCUT2D eigenvalue weighted by atomic mass is 16.2. The summed E-state index contributed by atoms with van der Waals surface area (Å²) in [4.78, 5) is 22.9. The third-order valence-electron chi connectivity index (χ3n) is 3.70. The minimum absolute atomic E-state index is 0.0450. The van der Waals surface area contributed by atoms with Gasteiger partial charge in [-0.15, -0.1) is 0 Å². The fourth-order valence-electron chi connectivity index (χ4n) is 2.56. The van der Waals surface area contributed by atoms with E-state index in [0.717, 1.165) is 25.9 Å². The fourth-order valence-corrected chi connectivity index (χ4v) is 2.56. The zero-order valence-electron chi connectivity index (χ0n) is 14.7. The second kappa shape index (κ2) is 9.01. The maximum absolute atomic E-state index is 12.5. The van der Waals surface area contributed by atoms with E-state index in [1.807, 2.05) is 11.0 Å². The molecule has 1 N–H and O–H groups in total. The summed E-state index contributed by atoms with van der Waals surface area (Å²) >= 11 is 0. The maximum Gasteiger partial charge on any atom is 0.274 e. The van der Waals surface area contributed by atoms with Gasteiger partial charge < -0.3 is 10.2 Å². The van der Waals surface area contributed by atoms with Gasteiger partial charge in [0.2, 0.25) is 0 Å². The Kier molecular flexibility index (Phi) is 6.73. The molecule has 0 spiro atoms. The molecular weight excluding hydrogens is 300 g/mol. The van der Waals surface area contributed by atoms with Gasteiger partial charge in [0.1, 0.15) is 11.5 Å². The molecule has 0 atom stereocenters. The van der Waals surface area contributed by atoms with Crippen molar-refractivity contribution in [3.05, 3.63) is 53.5 Å². The number of anilines is 1. The second-order valence-corrected chi connectivity index (χ2v) is 5.92. The van der Waals surface area contributed by atoms with Gasteiger partial charge in [-0.25, -0.2) is 9.97 Å². The van der Waals surface area contributed by atoms with Gasteiger partial charge in [-0.05, 0) is 25.3 Å². The van der Waals surface area contributed by atoms with E-state index in [4.69, 9.17) is 0 Å². The van der Waals surface area contributed by atoms with Crippen LogP contribution in [0.3, 0.4) is 0 Å². The van der Waals surface area contributed by atoms with Crippen molar-refractivity contribution in [1.29, 1.82) is 0 Å². The zero-order chi connectivity index (χ0) is 17.4. The molecule has 5 nitrogen and oxygen atoms in total. The number of aromatic nitrogens is 2.